The van der Waals surface area contributed by atoms with Crippen molar-refractivity contribution in [2.45, 2.75) is 6.42 Å². The molecule has 5 nitrogen and oxygen atoms in total. The zero-order valence-electron chi connectivity index (χ0n) is 13.2. The van der Waals surface area contributed by atoms with Crippen molar-refractivity contribution in [2.75, 3.05) is 26.8 Å². The van der Waals surface area contributed by atoms with Gasteiger partial charge in [0.15, 0.2) is 0 Å². The van der Waals surface area contributed by atoms with E-state index in [0.29, 0.717) is 19.7 Å². The van der Waals surface area contributed by atoms with Gasteiger partial charge >= 0.3 is 6.03 Å². The van der Waals surface area contributed by atoms with E-state index in [1.165, 1.54) is 5.56 Å². The van der Waals surface area contributed by atoms with Crippen molar-refractivity contribution in [1.82, 2.24) is 10.6 Å². The van der Waals surface area contributed by atoms with Crippen molar-refractivity contribution in [3.63, 3.8) is 0 Å². The molecule has 0 unspecified atom stereocenters. The summed E-state index contributed by atoms with van der Waals surface area (Å²) in [5, 5.41) is 5.58. The highest BCUT2D eigenvalue weighted by molar-refractivity contribution is 5.73. The molecule has 0 saturated heterocycles. The van der Waals surface area contributed by atoms with E-state index in [9.17, 15) is 4.79 Å². The third-order valence-corrected chi connectivity index (χ3v) is 3.24. The van der Waals surface area contributed by atoms with Crippen LogP contribution in [-0.2, 0) is 6.42 Å². The second kappa shape index (κ2) is 9.35. The fraction of sp³-hybridized carbons (Fsp3) is 0.278. The Morgan fingerprint density at radius 1 is 0.957 bits per heavy atom. The van der Waals surface area contributed by atoms with Gasteiger partial charge in [0.2, 0.25) is 0 Å². The molecule has 0 aliphatic rings. The van der Waals surface area contributed by atoms with Crippen LogP contribution in [0.3, 0.4) is 0 Å². The molecule has 0 fully saturated rings. The highest BCUT2D eigenvalue weighted by Gasteiger charge is 2.00. The molecule has 0 radical (unpaired) electrons. The summed E-state index contributed by atoms with van der Waals surface area (Å²) in [6.07, 6.45) is 0.814. The molecule has 23 heavy (non-hydrogen) atoms. The zero-order valence-corrected chi connectivity index (χ0v) is 13.2. The largest absolute Gasteiger partial charge is 0.497 e. The number of methoxy groups -OCH3 is 1. The Balaban J connectivity index is 1.57. The van der Waals surface area contributed by atoms with Gasteiger partial charge in [-0.25, -0.2) is 4.79 Å². The Kier molecular flexibility index (Phi) is 6.78. The van der Waals surface area contributed by atoms with Crippen LogP contribution in [0.25, 0.3) is 0 Å². The number of hydrogen-bond donors (Lipinski definition) is 2. The van der Waals surface area contributed by atoms with Gasteiger partial charge in [-0.2, -0.15) is 0 Å². The van der Waals surface area contributed by atoms with Crippen molar-refractivity contribution < 1.29 is 14.3 Å². The van der Waals surface area contributed by atoms with Crippen LogP contribution in [0.4, 0.5) is 4.79 Å². The van der Waals surface area contributed by atoms with E-state index in [1.54, 1.807) is 13.2 Å². The van der Waals surface area contributed by atoms with Gasteiger partial charge in [0.05, 0.1) is 13.7 Å². The van der Waals surface area contributed by atoms with E-state index in [2.05, 4.69) is 10.6 Å². The molecule has 0 spiro atoms. The molecular weight excluding hydrogens is 292 g/mol. The molecule has 2 rings (SSSR count). The molecule has 0 saturated carbocycles. The van der Waals surface area contributed by atoms with Crippen LogP contribution in [0, 0.1) is 0 Å². The third kappa shape index (κ3) is 6.30. The average Bonchev–Trinajstić information content (AvgIpc) is 2.60. The number of urea groups is 1. The van der Waals surface area contributed by atoms with Gasteiger partial charge in [-0.15, -0.1) is 0 Å². The minimum Gasteiger partial charge on any atom is -0.497 e. The van der Waals surface area contributed by atoms with Crippen molar-refractivity contribution in [3.05, 3.63) is 60.2 Å². The van der Waals surface area contributed by atoms with Crippen LogP contribution >= 0.6 is 0 Å². The van der Waals surface area contributed by atoms with E-state index < -0.39 is 0 Å². The van der Waals surface area contributed by atoms with Gasteiger partial charge < -0.3 is 20.1 Å². The molecule has 0 bridgehead atoms. The second-order valence-electron chi connectivity index (χ2n) is 4.95. The second-order valence-corrected chi connectivity index (χ2v) is 4.95. The maximum Gasteiger partial charge on any atom is 0.314 e. The lowest BCUT2D eigenvalue weighted by Gasteiger charge is -2.10. The lowest BCUT2D eigenvalue weighted by Crippen LogP contribution is -2.38. The van der Waals surface area contributed by atoms with Gasteiger partial charge in [0, 0.05) is 12.6 Å². The predicted molar refractivity (Wildman–Crippen MR) is 90.0 cm³/mol. The first-order valence-electron chi connectivity index (χ1n) is 7.60. The van der Waals surface area contributed by atoms with Crippen LogP contribution in [0.15, 0.2) is 54.6 Å². The first-order valence-corrected chi connectivity index (χ1v) is 7.60. The number of carbonyl (C=O) groups excluding carboxylic acids is 1. The molecule has 122 valence electrons. The SMILES string of the molecule is COc1cccc(OCCNC(=O)NCCc2ccccc2)c1. The number of carbonyl (C=O) groups is 1. The van der Waals surface area contributed by atoms with E-state index in [4.69, 9.17) is 9.47 Å². The topological polar surface area (TPSA) is 59.6 Å². The lowest BCUT2D eigenvalue weighted by atomic mass is 10.1. The maximum atomic E-state index is 11.6. The van der Waals surface area contributed by atoms with Gasteiger partial charge in [-0.05, 0) is 24.1 Å². The van der Waals surface area contributed by atoms with E-state index >= 15 is 0 Å². The summed E-state index contributed by atoms with van der Waals surface area (Å²) >= 11 is 0. The normalized spacial score (nSPS) is 9.96. The lowest BCUT2D eigenvalue weighted by molar-refractivity contribution is 0.236. The zero-order chi connectivity index (χ0) is 16.3. The van der Waals surface area contributed by atoms with E-state index in [1.807, 2.05) is 48.5 Å². The highest BCUT2D eigenvalue weighted by atomic mass is 16.5. The van der Waals surface area contributed by atoms with Gasteiger partial charge in [0.1, 0.15) is 18.1 Å². The van der Waals surface area contributed by atoms with Gasteiger partial charge in [-0.3, -0.25) is 0 Å². The molecule has 0 heterocycles. The quantitative estimate of drug-likeness (QED) is 0.736. The van der Waals surface area contributed by atoms with Crippen LogP contribution in [0.1, 0.15) is 5.56 Å². The van der Waals surface area contributed by atoms with Gasteiger partial charge in [-0.1, -0.05) is 36.4 Å². The fourth-order valence-corrected chi connectivity index (χ4v) is 2.05. The fourth-order valence-electron chi connectivity index (χ4n) is 2.05. The van der Waals surface area contributed by atoms with Gasteiger partial charge in [0.25, 0.3) is 0 Å². The minimum atomic E-state index is -0.185. The smallest absolute Gasteiger partial charge is 0.314 e. The van der Waals surface area contributed by atoms with Crippen LogP contribution in [0.5, 0.6) is 11.5 Å². The molecule has 2 amide bonds. The predicted octanol–water partition coefficient (Wildman–Crippen LogP) is 2.62. The molecular formula is C18H22N2O3. The van der Waals surface area contributed by atoms with Crippen LogP contribution < -0.4 is 20.1 Å². The summed E-state index contributed by atoms with van der Waals surface area (Å²) in [4.78, 5) is 11.6. The molecule has 2 N–H and O–H groups in total. The average molecular weight is 314 g/mol. The minimum absolute atomic E-state index is 0.185. The Labute approximate surface area is 136 Å². The molecule has 0 aromatic heterocycles. The summed E-state index contributed by atoms with van der Waals surface area (Å²) < 4.78 is 10.7. The number of benzene rings is 2. The van der Waals surface area contributed by atoms with Crippen LogP contribution in [0.2, 0.25) is 0 Å². The Morgan fingerprint density at radius 2 is 1.70 bits per heavy atom. The monoisotopic (exact) mass is 314 g/mol. The number of ether oxygens (including phenoxy) is 2. The Bertz CT molecular complexity index is 602. The number of hydrogen-bond acceptors (Lipinski definition) is 3. The number of rotatable bonds is 8. The molecule has 0 atom stereocenters. The molecule has 2 aromatic carbocycles. The van der Waals surface area contributed by atoms with Crippen molar-refractivity contribution in [2.24, 2.45) is 0 Å². The molecule has 0 aliphatic carbocycles. The first-order chi connectivity index (χ1) is 11.3. The number of nitrogens with one attached hydrogen (secondary N) is 2. The highest BCUT2D eigenvalue weighted by Crippen LogP contribution is 2.18. The Hall–Kier alpha value is -2.69. The summed E-state index contributed by atoms with van der Waals surface area (Å²) in [7, 11) is 1.61. The molecule has 0 aliphatic heterocycles. The third-order valence-electron chi connectivity index (χ3n) is 3.24. The van der Waals surface area contributed by atoms with Crippen LogP contribution in [-0.4, -0.2) is 32.8 Å². The summed E-state index contributed by atoms with van der Waals surface area (Å²) in [5.74, 6) is 1.46. The summed E-state index contributed by atoms with van der Waals surface area (Å²) in [6, 6.07) is 17.2. The Morgan fingerprint density at radius 3 is 2.48 bits per heavy atom. The standard InChI is InChI=1S/C18H22N2O3/c1-22-16-8-5-9-17(14-16)23-13-12-20-18(21)19-11-10-15-6-3-2-4-7-15/h2-9,14H,10-13H2,1H3,(H2,19,20,21). The summed E-state index contributed by atoms with van der Waals surface area (Å²) in [5.41, 5.74) is 1.20. The molecule has 2 aromatic rings. The van der Waals surface area contributed by atoms with E-state index in [0.717, 1.165) is 17.9 Å². The summed E-state index contributed by atoms with van der Waals surface area (Å²) in [6.45, 7) is 1.44. The van der Waals surface area contributed by atoms with E-state index in [-0.39, 0.29) is 6.03 Å². The van der Waals surface area contributed by atoms with Crippen molar-refractivity contribution in [1.29, 1.82) is 0 Å². The number of amides is 2. The first kappa shape index (κ1) is 16.7. The van der Waals surface area contributed by atoms with Crippen molar-refractivity contribution >= 4 is 6.03 Å². The maximum absolute atomic E-state index is 11.6. The van der Waals surface area contributed by atoms with Crippen molar-refractivity contribution in [3.8, 4) is 11.5 Å². The molecule has 5 heteroatoms.